The number of halogens is 2. The van der Waals surface area contributed by atoms with E-state index in [2.05, 4.69) is 12.2 Å². The Bertz CT molecular complexity index is 426. The topological polar surface area (TPSA) is 55.1 Å². The highest BCUT2D eigenvalue weighted by Crippen LogP contribution is 2.22. The van der Waals surface area contributed by atoms with Crippen LogP contribution < -0.4 is 11.1 Å². The van der Waals surface area contributed by atoms with Crippen LogP contribution in [0.2, 0.25) is 5.02 Å². The van der Waals surface area contributed by atoms with Crippen LogP contribution in [0.25, 0.3) is 0 Å². The quantitative estimate of drug-likeness (QED) is 0.805. The average molecular weight is 287 g/mol. The SMILES string of the molecule is CCC(CCN)CCC(=O)Nc1cccc(Cl)c1F. The lowest BCUT2D eigenvalue weighted by atomic mass is 9.96. The molecule has 106 valence electrons. The molecule has 0 aliphatic rings. The van der Waals surface area contributed by atoms with E-state index < -0.39 is 5.82 Å². The smallest absolute Gasteiger partial charge is 0.224 e. The van der Waals surface area contributed by atoms with Crippen LogP contribution in [0.4, 0.5) is 10.1 Å². The Morgan fingerprint density at radius 3 is 2.84 bits per heavy atom. The van der Waals surface area contributed by atoms with E-state index in [1.807, 2.05) is 0 Å². The Hall–Kier alpha value is -1.13. The molecule has 0 aliphatic carbocycles. The summed E-state index contributed by atoms with van der Waals surface area (Å²) < 4.78 is 13.6. The first-order valence-corrected chi connectivity index (χ1v) is 6.90. The molecular formula is C14H20ClFN2O. The number of amides is 1. The fourth-order valence-corrected chi connectivity index (χ4v) is 2.11. The molecule has 0 saturated carbocycles. The molecule has 0 aliphatic heterocycles. The fourth-order valence-electron chi connectivity index (χ4n) is 1.94. The van der Waals surface area contributed by atoms with E-state index in [-0.39, 0.29) is 16.6 Å². The van der Waals surface area contributed by atoms with Gasteiger partial charge in [0, 0.05) is 6.42 Å². The Balaban J connectivity index is 2.49. The molecule has 0 heterocycles. The van der Waals surface area contributed by atoms with Gasteiger partial charge in [0.25, 0.3) is 0 Å². The maximum absolute atomic E-state index is 13.6. The minimum Gasteiger partial charge on any atom is -0.330 e. The molecule has 5 heteroatoms. The van der Waals surface area contributed by atoms with Gasteiger partial charge in [-0.25, -0.2) is 4.39 Å². The summed E-state index contributed by atoms with van der Waals surface area (Å²) in [5.41, 5.74) is 5.64. The largest absolute Gasteiger partial charge is 0.330 e. The summed E-state index contributed by atoms with van der Waals surface area (Å²) in [7, 11) is 0. The van der Waals surface area contributed by atoms with E-state index in [0.29, 0.717) is 18.9 Å². The molecule has 0 bridgehead atoms. The number of carbonyl (C=O) groups excluding carboxylic acids is 1. The van der Waals surface area contributed by atoms with Gasteiger partial charge >= 0.3 is 0 Å². The standard InChI is InChI=1S/C14H20ClFN2O/c1-2-10(8-9-17)6-7-13(19)18-12-5-3-4-11(15)14(12)16/h3-5,10H,2,6-9,17H2,1H3,(H,18,19). The number of hydrogen-bond acceptors (Lipinski definition) is 2. The van der Waals surface area contributed by atoms with E-state index in [4.69, 9.17) is 17.3 Å². The van der Waals surface area contributed by atoms with Gasteiger partial charge in [-0.15, -0.1) is 0 Å². The summed E-state index contributed by atoms with van der Waals surface area (Å²) in [5, 5.41) is 2.55. The van der Waals surface area contributed by atoms with Crippen LogP contribution in [-0.2, 0) is 4.79 Å². The maximum atomic E-state index is 13.6. The molecule has 1 aromatic carbocycles. The van der Waals surface area contributed by atoms with E-state index in [0.717, 1.165) is 19.3 Å². The first kappa shape index (κ1) is 15.9. The van der Waals surface area contributed by atoms with Crippen LogP contribution in [-0.4, -0.2) is 12.5 Å². The summed E-state index contributed by atoms with van der Waals surface area (Å²) in [6, 6.07) is 4.54. The van der Waals surface area contributed by atoms with Gasteiger partial charge in [0.2, 0.25) is 5.91 Å². The van der Waals surface area contributed by atoms with Crippen molar-refractivity contribution in [2.75, 3.05) is 11.9 Å². The van der Waals surface area contributed by atoms with Crippen molar-refractivity contribution in [2.45, 2.75) is 32.6 Å². The minimum atomic E-state index is -0.591. The Labute approximate surface area is 118 Å². The number of anilines is 1. The van der Waals surface area contributed by atoms with Gasteiger partial charge in [0.05, 0.1) is 10.7 Å². The highest BCUT2D eigenvalue weighted by molar-refractivity contribution is 6.31. The van der Waals surface area contributed by atoms with E-state index in [9.17, 15) is 9.18 Å². The number of nitrogens with two attached hydrogens (primary N) is 1. The predicted molar refractivity (Wildman–Crippen MR) is 76.7 cm³/mol. The molecular weight excluding hydrogens is 267 g/mol. The zero-order valence-corrected chi connectivity index (χ0v) is 11.8. The number of rotatable bonds is 7. The normalized spacial score (nSPS) is 12.2. The third-order valence-corrected chi connectivity index (χ3v) is 3.45. The predicted octanol–water partition coefficient (Wildman–Crippen LogP) is 3.57. The van der Waals surface area contributed by atoms with Crippen LogP contribution in [0, 0.1) is 11.7 Å². The van der Waals surface area contributed by atoms with Crippen LogP contribution in [0.1, 0.15) is 32.6 Å². The molecule has 1 aromatic rings. The third-order valence-electron chi connectivity index (χ3n) is 3.16. The van der Waals surface area contributed by atoms with Gasteiger partial charge in [0.1, 0.15) is 0 Å². The highest BCUT2D eigenvalue weighted by Gasteiger charge is 2.12. The molecule has 1 atom stereocenters. The van der Waals surface area contributed by atoms with Gasteiger partial charge in [-0.05, 0) is 37.4 Å². The van der Waals surface area contributed by atoms with Gasteiger partial charge in [-0.1, -0.05) is 31.0 Å². The van der Waals surface area contributed by atoms with Gasteiger partial charge in [-0.3, -0.25) is 4.79 Å². The zero-order valence-electron chi connectivity index (χ0n) is 11.1. The fraction of sp³-hybridized carbons (Fsp3) is 0.500. The third kappa shape index (κ3) is 5.17. The Morgan fingerprint density at radius 2 is 2.21 bits per heavy atom. The van der Waals surface area contributed by atoms with Crippen molar-refractivity contribution in [3.63, 3.8) is 0 Å². The van der Waals surface area contributed by atoms with Crippen LogP contribution in [0.5, 0.6) is 0 Å². The van der Waals surface area contributed by atoms with Crippen molar-refractivity contribution >= 4 is 23.2 Å². The first-order chi connectivity index (χ1) is 9.08. The average Bonchev–Trinajstić information content (AvgIpc) is 2.40. The lowest BCUT2D eigenvalue weighted by molar-refractivity contribution is -0.116. The van der Waals surface area contributed by atoms with Crippen molar-refractivity contribution in [3.05, 3.63) is 29.0 Å². The van der Waals surface area contributed by atoms with E-state index in [1.54, 1.807) is 6.07 Å². The zero-order chi connectivity index (χ0) is 14.3. The number of benzene rings is 1. The summed E-state index contributed by atoms with van der Waals surface area (Å²) in [4.78, 5) is 11.7. The minimum absolute atomic E-state index is 0.00682. The Morgan fingerprint density at radius 1 is 1.47 bits per heavy atom. The molecule has 1 amide bonds. The van der Waals surface area contributed by atoms with E-state index >= 15 is 0 Å². The van der Waals surface area contributed by atoms with Crippen molar-refractivity contribution in [3.8, 4) is 0 Å². The highest BCUT2D eigenvalue weighted by atomic mass is 35.5. The lowest BCUT2D eigenvalue weighted by Gasteiger charge is -2.13. The summed E-state index contributed by atoms with van der Waals surface area (Å²) in [6.07, 6.45) is 3.04. The monoisotopic (exact) mass is 286 g/mol. The van der Waals surface area contributed by atoms with Crippen molar-refractivity contribution in [1.82, 2.24) is 0 Å². The van der Waals surface area contributed by atoms with Gasteiger partial charge in [-0.2, -0.15) is 0 Å². The van der Waals surface area contributed by atoms with Crippen molar-refractivity contribution < 1.29 is 9.18 Å². The second-order valence-corrected chi connectivity index (χ2v) is 4.95. The second-order valence-electron chi connectivity index (χ2n) is 4.54. The van der Waals surface area contributed by atoms with Crippen LogP contribution in [0.3, 0.4) is 0 Å². The van der Waals surface area contributed by atoms with Gasteiger partial charge in [0.15, 0.2) is 5.82 Å². The molecule has 0 spiro atoms. The molecule has 3 nitrogen and oxygen atoms in total. The molecule has 0 aromatic heterocycles. The molecule has 3 N–H and O–H groups in total. The lowest BCUT2D eigenvalue weighted by Crippen LogP contribution is -2.15. The Kier molecular flexibility index (Phi) is 6.81. The first-order valence-electron chi connectivity index (χ1n) is 6.52. The molecule has 0 fully saturated rings. The van der Waals surface area contributed by atoms with Crippen molar-refractivity contribution in [1.29, 1.82) is 0 Å². The summed E-state index contributed by atoms with van der Waals surface area (Å²) in [5.74, 6) is -0.344. The molecule has 19 heavy (non-hydrogen) atoms. The molecule has 0 radical (unpaired) electrons. The van der Waals surface area contributed by atoms with Crippen LogP contribution in [0.15, 0.2) is 18.2 Å². The second kappa shape index (κ2) is 8.12. The van der Waals surface area contributed by atoms with Crippen LogP contribution >= 0.6 is 11.6 Å². The van der Waals surface area contributed by atoms with Crippen molar-refractivity contribution in [2.24, 2.45) is 11.7 Å². The molecule has 0 saturated heterocycles. The summed E-state index contributed by atoms with van der Waals surface area (Å²) in [6.45, 7) is 2.71. The number of carbonyl (C=O) groups is 1. The molecule has 1 rings (SSSR count). The summed E-state index contributed by atoms with van der Waals surface area (Å²) >= 11 is 5.65. The van der Waals surface area contributed by atoms with E-state index in [1.165, 1.54) is 12.1 Å². The van der Waals surface area contributed by atoms with Gasteiger partial charge < -0.3 is 11.1 Å². The molecule has 1 unspecified atom stereocenters. The number of nitrogens with one attached hydrogen (secondary N) is 1. The maximum Gasteiger partial charge on any atom is 0.224 e. The number of hydrogen-bond donors (Lipinski definition) is 2.